The molecule has 0 aromatic carbocycles. The molecule has 1 heterocycles. The van der Waals surface area contributed by atoms with Crippen molar-refractivity contribution in [1.82, 2.24) is 9.88 Å². The van der Waals surface area contributed by atoms with Crippen molar-refractivity contribution < 1.29 is 9.18 Å². The zero-order valence-corrected chi connectivity index (χ0v) is 14.6. The third-order valence-corrected chi connectivity index (χ3v) is 5.97. The Bertz CT molecular complexity index is 522. The van der Waals surface area contributed by atoms with E-state index in [0.717, 1.165) is 49.1 Å². The molecule has 0 radical (unpaired) electrons. The van der Waals surface area contributed by atoms with Crippen LogP contribution in [-0.2, 0) is 0 Å². The molecule has 2 aliphatic rings. The molecule has 128 valence electrons. The van der Waals surface area contributed by atoms with Crippen LogP contribution in [-0.4, -0.2) is 28.0 Å². The Morgan fingerprint density at radius 2 is 1.83 bits per heavy atom. The van der Waals surface area contributed by atoms with Crippen LogP contribution in [0.3, 0.4) is 0 Å². The maximum Gasteiger partial charge on any atom is 0.324 e. The Hall–Kier alpha value is -1.17. The quantitative estimate of drug-likeness (QED) is 0.839. The first-order chi connectivity index (χ1) is 11.1. The average molecular weight is 339 g/mol. The number of halogens is 1. The summed E-state index contributed by atoms with van der Waals surface area (Å²) >= 11 is 0.891. The number of anilines is 1. The fourth-order valence-electron chi connectivity index (χ4n) is 3.98. The lowest BCUT2D eigenvalue weighted by Gasteiger charge is -2.42. The third kappa shape index (κ3) is 4.22. The van der Waals surface area contributed by atoms with Crippen molar-refractivity contribution in [2.24, 2.45) is 5.92 Å². The van der Waals surface area contributed by atoms with E-state index in [-0.39, 0.29) is 11.2 Å². The molecule has 0 unspecified atom stereocenters. The first-order valence-electron chi connectivity index (χ1n) is 8.84. The van der Waals surface area contributed by atoms with E-state index < -0.39 is 0 Å². The number of nitrogens with zero attached hydrogens (tertiary/aromatic N) is 2. The summed E-state index contributed by atoms with van der Waals surface area (Å²) in [5.74, 6) is 0.760. The van der Waals surface area contributed by atoms with Gasteiger partial charge in [0.25, 0.3) is 0 Å². The molecule has 0 saturated heterocycles. The Kier molecular flexibility index (Phi) is 5.51. The molecule has 2 fully saturated rings. The maximum absolute atomic E-state index is 13.1. The molecule has 6 heteroatoms. The van der Waals surface area contributed by atoms with E-state index in [1.165, 1.54) is 32.1 Å². The largest absolute Gasteiger partial charge is 0.324 e. The summed E-state index contributed by atoms with van der Waals surface area (Å²) in [7, 11) is 0. The molecule has 2 aliphatic carbocycles. The van der Waals surface area contributed by atoms with Crippen LogP contribution in [0.15, 0.2) is 6.20 Å². The molecule has 3 rings (SSSR count). The van der Waals surface area contributed by atoms with Gasteiger partial charge in [-0.2, -0.15) is 4.39 Å². The molecule has 4 nitrogen and oxygen atoms in total. The monoisotopic (exact) mass is 339 g/mol. The predicted octanol–water partition coefficient (Wildman–Crippen LogP) is 5.03. The third-order valence-electron chi connectivity index (χ3n) is 5.27. The highest BCUT2D eigenvalue weighted by atomic mass is 32.1. The van der Waals surface area contributed by atoms with Gasteiger partial charge in [-0.05, 0) is 44.4 Å². The Morgan fingerprint density at radius 1 is 1.17 bits per heavy atom. The number of carbonyl (C=O) groups is 1. The Morgan fingerprint density at radius 3 is 2.43 bits per heavy atom. The van der Waals surface area contributed by atoms with Gasteiger partial charge in [0.1, 0.15) is 0 Å². The first-order valence-corrected chi connectivity index (χ1v) is 9.66. The second kappa shape index (κ2) is 7.60. The van der Waals surface area contributed by atoms with Gasteiger partial charge in [-0.25, -0.2) is 9.78 Å². The molecular weight excluding hydrogens is 313 g/mol. The fraction of sp³-hybridized carbons (Fsp3) is 0.765. The lowest BCUT2D eigenvalue weighted by molar-refractivity contribution is 0.105. The van der Waals surface area contributed by atoms with Crippen molar-refractivity contribution in [1.29, 1.82) is 0 Å². The number of nitrogens with one attached hydrogen (secondary N) is 1. The molecule has 0 bridgehead atoms. The minimum absolute atomic E-state index is 0.0918. The average Bonchev–Trinajstić information content (AvgIpc) is 2.95. The zero-order chi connectivity index (χ0) is 16.2. The van der Waals surface area contributed by atoms with Crippen LogP contribution in [0.1, 0.15) is 64.7 Å². The number of hydrogen-bond acceptors (Lipinski definition) is 3. The predicted molar refractivity (Wildman–Crippen MR) is 91.2 cm³/mol. The lowest BCUT2D eigenvalue weighted by atomic mass is 9.84. The molecule has 0 spiro atoms. The van der Waals surface area contributed by atoms with Crippen LogP contribution in [0.5, 0.6) is 0 Å². The van der Waals surface area contributed by atoms with Gasteiger partial charge in [0.05, 0.1) is 6.20 Å². The van der Waals surface area contributed by atoms with Crippen LogP contribution < -0.4 is 5.32 Å². The molecule has 23 heavy (non-hydrogen) atoms. The van der Waals surface area contributed by atoms with Gasteiger partial charge < -0.3 is 4.90 Å². The van der Waals surface area contributed by atoms with E-state index in [9.17, 15) is 9.18 Å². The van der Waals surface area contributed by atoms with Crippen molar-refractivity contribution in [3.8, 4) is 0 Å². The topological polar surface area (TPSA) is 45.2 Å². The summed E-state index contributed by atoms with van der Waals surface area (Å²) in [6.07, 6.45) is 11.5. The summed E-state index contributed by atoms with van der Waals surface area (Å²) in [5.41, 5.74) is 0. The molecule has 1 N–H and O–H groups in total. The number of rotatable bonds is 3. The molecule has 1 aromatic rings. The number of hydrogen-bond donors (Lipinski definition) is 1. The normalized spacial score (nSPS) is 26.0. The molecule has 0 atom stereocenters. The van der Waals surface area contributed by atoms with Gasteiger partial charge in [0, 0.05) is 12.1 Å². The standard InChI is InChI=1S/C17H26FN3OS/c1-12-7-9-14(10-8-12)21(13-5-3-2-4-6-13)17(22)20-16-19-11-15(18)23-16/h11-14H,2-10H2,1H3,(H,19,20,22)/t12-,14-. The summed E-state index contributed by atoms with van der Waals surface area (Å²) in [6, 6.07) is 0.553. The van der Waals surface area contributed by atoms with Crippen molar-refractivity contribution in [3.63, 3.8) is 0 Å². The maximum atomic E-state index is 13.1. The van der Waals surface area contributed by atoms with E-state index in [4.69, 9.17) is 0 Å². The van der Waals surface area contributed by atoms with Crippen molar-refractivity contribution >= 4 is 22.5 Å². The zero-order valence-electron chi connectivity index (χ0n) is 13.8. The van der Waals surface area contributed by atoms with Crippen LogP contribution in [0.4, 0.5) is 14.3 Å². The molecule has 1 aromatic heterocycles. The van der Waals surface area contributed by atoms with Crippen LogP contribution in [0.2, 0.25) is 0 Å². The Balaban J connectivity index is 1.71. The van der Waals surface area contributed by atoms with Gasteiger partial charge >= 0.3 is 6.03 Å². The second-order valence-corrected chi connectivity index (χ2v) is 7.99. The molecular formula is C17H26FN3OS. The van der Waals surface area contributed by atoms with Crippen molar-refractivity contribution in [3.05, 3.63) is 11.3 Å². The van der Waals surface area contributed by atoms with Gasteiger partial charge in [-0.1, -0.05) is 37.5 Å². The van der Waals surface area contributed by atoms with Crippen LogP contribution in [0, 0.1) is 11.0 Å². The van der Waals surface area contributed by atoms with E-state index in [1.807, 2.05) is 0 Å². The summed E-state index contributed by atoms with van der Waals surface area (Å²) < 4.78 is 13.1. The van der Waals surface area contributed by atoms with Gasteiger partial charge in [0.15, 0.2) is 10.3 Å². The SMILES string of the molecule is C[C@H]1CC[C@H](N(C(=O)Nc2ncc(F)s2)C2CCCCC2)CC1. The lowest BCUT2D eigenvalue weighted by Crippen LogP contribution is -2.51. The number of aromatic nitrogens is 1. The van der Waals surface area contributed by atoms with E-state index >= 15 is 0 Å². The van der Waals surface area contributed by atoms with E-state index in [1.54, 1.807) is 0 Å². The van der Waals surface area contributed by atoms with Gasteiger partial charge in [-0.15, -0.1) is 0 Å². The smallest absolute Gasteiger partial charge is 0.319 e. The van der Waals surface area contributed by atoms with Gasteiger partial charge in [0.2, 0.25) is 0 Å². The highest BCUT2D eigenvalue weighted by Gasteiger charge is 2.33. The van der Waals surface area contributed by atoms with Crippen molar-refractivity contribution in [2.45, 2.75) is 76.8 Å². The Labute approximate surface area is 141 Å². The molecule has 2 saturated carbocycles. The molecule has 2 amide bonds. The fourth-order valence-corrected chi connectivity index (χ4v) is 4.51. The first kappa shape index (κ1) is 16.7. The number of urea groups is 1. The van der Waals surface area contributed by atoms with Crippen molar-refractivity contribution in [2.75, 3.05) is 5.32 Å². The number of amides is 2. The summed E-state index contributed by atoms with van der Waals surface area (Å²) in [6.45, 7) is 2.29. The highest BCUT2D eigenvalue weighted by molar-refractivity contribution is 7.14. The minimum atomic E-state index is -0.365. The summed E-state index contributed by atoms with van der Waals surface area (Å²) in [4.78, 5) is 18.9. The van der Waals surface area contributed by atoms with Gasteiger partial charge in [-0.3, -0.25) is 5.32 Å². The van der Waals surface area contributed by atoms with E-state index in [2.05, 4.69) is 22.1 Å². The van der Waals surface area contributed by atoms with Crippen LogP contribution >= 0.6 is 11.3 Å². The van der Waals surface area contributed by atoms with E-state index in [0.29, 0.717) is 17.2 Å². The number of carbonyl (C=O) groups excluding carboxylic acids is 1. The summed E-state index contributed by atoms with van der Waals surface area (Å²) in [5, 5.41) is 2.82. The molecule has 0 aliphatic heterocycles. The highest BCUT2D eigenvalue weighted by Crippen LogP contribution is 2.33. The number of thiazole rings is 1. The van der Waals surface area contributed by atoms with Crippen LogP contribution in [0.25, 0.3) is 0 Å². The second-order valence-electron chi connectivity index (χ2n) is 7.01. The minimum Gasteiger partial charge on any atom is -0.319 e.